The van der Waals surface area contributed by atoms with Crippen molar-refractivity contribution in [2.45, 2.75) is 20.8 Å². The molecule has 0 atom stereocenters. The molecule has 0 radical (unpaired) electrons. The number of aryl methyl sites for hydroxylation is 3. The van der Waals surface area contributed by atoms with Gasteiger partial charge in [0.05, 0.1) is 0 Å². The number of halogens is 2. The summed E-state index contributed by atoms with van der Waals surface area (Å²) in [5, 5.41) is 0. The minimum atomic E-state index is -0.292. The van der Waals surface area contributed by atoms with Crippen molar-refractivity contribution in [3.63, 3.8) is 0 Å². The molecule has 0 fully saturated rings. The molecule has 2 aromatic carbocycles. The Bertz CT molecular complexity index is 639. The van der Waals surface area contributed by atoms with Crippen LogP contribution < -0.4 is 0 Å². The molecule has 0 aliphatic rings. The molecular weight excluding hydrogens is 307 g/mol. The smallest absolute Gasteiger partial charge is 0.193 e. The highest BCUT2D eigenvalue weighted by Crippen LogP contribution is 2.24. The van der Waals surface area contributed by atoms with Gasteiger partial charge in [-0.25, -0.2) is 4.39 Å². The van der Waals surface area contributed by atoms with Crippen LogP contribution in [0.25, 0.3) is 0 Å². The molecule has 0 heterocycles. The highest BCUT2D eigenvalue weighted by molar-refractivity contribution is 9.10. The van der Waals surface area contributed by atoms with Crippen molar-refractivity contribution >= 4 is 21.7 Å². The summed E-state index contributed by atoms with van der Waals surface area (Å²) in [6.45, 7) is 5.55. The molecule has 3 heteroatoms. The summed E-state index contributed by atoms with van der Waals surface area (Å²) in [7, 11) is 0. The van der Waals surface area contributed by atoms with Crippen LogP contribution in [0.2, 0.25) is 0 Å². The number of hydrogen-bond acceptors (Lipinski definition) is 1. The summed E-state index contributed by atoms with van der Waals surface area (Å²) in [6, 6.07) is 8.14. The predicted molar refractivity (Wildman–Crippen MR) is 78.2 cm³/mol. The lowest BCUT2D eigenvalue weighted by Crippen LogP contribution is -2.03. The van der Waals surface area contributed by atoms with Gasteiger partial charge in [0.25, 0.3) is 0 Å². The summed E-state index contributed by atoms with van der Waals surface area (Å²) in [6.07, 6.45) is 0. The molecular formula is C16H14BrFO. The zero-order chi connectivity index (χ0) is 14.2. The maximum absolute atomic E-state index is 13.2. The first-order valence-electron chi connectivity index (χ1n) is 5.97. The van der Waals surface area contributed by atoms with Gasteiger partial charge >= 0.3 is 0 Å². The van der Waals surface area contributed by atoms with Gasteiger partial charge in [-0.1, -0.05) is 15.9 Å². The van der Waals surface area contributed by atoms with Crippen molar-refractivity contribution in [3.05, 3.63) is 68.4 Å². The molecule has 0 unspecified atom stereocenters. The first-order valence-corrected chi connectivity index (χ1v) is 6.77. The van der Waals surface area contributed by atoms with Gasteiger partial charge in [0, 0.05) is 15.6 Å². The van der Waals surface area contributed by atoms with Gasteiger partial charge in [-0.15, -0.1) is 0 Å². The van der Waals surface area contributed by atoms with Crippen LogP contribution in [0.1, 0.15) is 32.6 Å². The Morgan fingerprint density at radius 2 is 1.47 bits per heavy atom. The molecule has 0 spiro atoms. The van der Waals surface area contributed by atoms with Crippen LogP contribution in [-0.2, 0) is 0 Å². The first kappa shape index (κ1) is 13.9. The average molecular weight is 321 g/mol. The quantitative estimate of drug-likeness (QED) is 0.730. The van der Waals surface area contributed by atoms with Crippen molar-refractivity contribution in [2.75, 3.05) is 0 Å². The summed E-state index contributed by atoms with van der Waals surface area (Å²) in [4.78, 5) is 12.4. The van der Waals surface area contributed by atoms with E-state index in [2.05, 4.69) is 15.9 Å². The first-order chi connectivity index (χ1) is 8.90. The summed E-state index contributed by atoms with van der Waals surface area (Å²) in [5.74, 6) is -0.374. The van der Waals surface area contributed by atoms with E-state index >= 15 is 0 Å². The molecule has 0 aromatic heterocycles. The topological polar surface area (TPSA) is 17.1 Å². The molecule has 0 amide bonds. The highest BCUT2D eigenvalue weighted by atomic mass is 79.9. The molecule has 0 saturated heterocycles. The lowest BCUT2D eigenvalue weighted by molar-refractivity contribution is 0.103. The van der Waals surface area contributed by atoms with Gasteiger partial charge in [-0.05, 0) is 67.8 Å². The molecule has 1 nitrogen and oxygen atoms in total. The molecule has 0 aliphatic heterocycles. The zero-order valence-corrected chi connectivity index (χ0v) is 12.6. The minimum Gasteiger partial charge on any atom is -0.289 e. The second kappa shape index (κ2) is 5.25. The number of hydrogen-bond donors (Lipinski definition) is 0. The van der Waals surface area contributed by atoms with Crippen LogP contribution in [-0.4, -0.2) is 5.78 Å². The fourth-order valence-electron chi connectivity index (χ4n) is 2.03. The number of carbonyl (C=O) groups is 1. The van der Waals surface area contributed by atoms with Crippen LogP contribution in [0.15, 0.2) is 34.8 Å². The van der Waals surface area contributed by atoms with Crippen molar-refractivity contribution in [1.82, 2.24) is 0 Å². The number of ketones is 1. The molecule has 98 valence electrons. The molecule has 2 aromatic rings. The van der Waals surface area contributed by atoms with Gasteiger partial charge in [-0.3, -0.25) is 4.79 Å². The number of carbonyl (C=O) groups excluding carboxylic acids is 1. The average Bonchev–Trinajstić information content (AvgIpc) is 2.37. The van der Waals surface area contributed by atoms with Crippen LogP contribution in [0.3, 0.4) is 0 Å². The SMILES string of the molecule is Cc1cc(C(=O)c2cc(C)c(Br)c(C)c2)ccc1F. The lowest BCUT2D eigenvalue weighted by Gasteiger charge is -2.08. The Balaban J connectivity index is 2.47. The Labute approximate surface area is 120 Å². The van der Waals surface area contributed by atoms with Gasteiger partial charge in [0.2, 0.25) is 0 Å². The van der Waals surface area contributed by atoms with Crippen LogP contribution in [0, 0.1) is 26.6 Å². The third kappa shape index (κ3) is 2.76. The van der Waals surface area contributed by atoms with Crippen LogP contribution in [0.5, 0.6) is 0 Å². The largest absolute Gasteiger partial charge is 0.289 e. The van der Waals surface area contributed by atoms with E-state index in [1.54, 1.807) is 13.0 Å². The van der Waals surface area contributed by atoms with Gasteiger partial charge in [0.1, 0.15) is 5.82 Å². The molecule has 0 N–H and O–H groups in total. The van der Waals surface area contributed by atoms with Crippen molar-refractivity contribution in [3.8, 4) is 0 Å². The Morgan fingerprint density at radius 3 is 2.00 bits per heavy atom. The van der Waals surface area contributed by atoms with E-state index in [0.29, 0.717) is 16.7 Å². The molecule has 19 heavy (non-hydrogen) atoms. The summed E-state index contributed by atoms with van der Waals surface area (Å²) < 4.78 is 14.2. The second-order valence-corrected chi connectivity index (χ2v) is 5.51. The monoisotopic (exact) mass is 320 g/mol. The second-order valence-electron chi connectivity index (χ2n) is 4.72. The van der Waals surface area contributed by atoms with E-state index in [-0.39, 0.29) is 11.6 Å². The minimum absolute atomic E-state index is 0.0817. The summed E-state index contributed by atoms with van der Waals surface area (Å²) in [5.41, 5.74) is 3.66. The predicted octanol–water partition coefficient (Wildman–Crippen LogP) is 4.74. The van der Waals surface area contributed by atoms with E-state index in [1.807, 2.05) is 26.0 Å². The third-order valence-corrected chi connectivity index (χ3v) is 4.37. The normalized spacial score (nSPS) is 10.6. The van der Waals surface area contributed by atoms with E-state index < -0.39 is 0 Å². The third-order valence-electron chi connectivity index (χ3n) is 3.12. The van der Waals surface area contributed by atoms with Crippen molar-refractivity contribution in [1.29, 1.82) is 0 Å². The Kier molecular flexibility index (Phi) is 3.85. The molecule has 0 bridgehead atoms. The summed E-state index contributed by atoms with van der Waals surface area (Å²) >= 11 is 3.48. The fourth-order valence-corrected chi connectivity index (χ4v) is 2.26. The standard InChI is InChI=1S/C16H14BrFO/c1-9-6-12(4-5-14(9)18)16(19)13-7-10(2)15(17)11(3)8-13/h4-8H,1-3H3. The van der Waals surface area contributed by atoms with Crippen LogP contribution >= 0.6 is 15.9 Å². The maximum Gasteiger partial charge on any atom is 0.193 e. The van der Waals surface area contributed by atoms with Gasteiger partial charge in [0.15, 0.2) is 5.78 Å². The number of benzene rings is 2. The van der Waals surface area contributed by atoms with Crippen molar-refractivity contribution in [2.24, 2.45) is 0 Å². The van der Waals surface area contributed by atoms with E-state index in [4.69, 9.17) is 0 Å². The van der Waals surface area contributed by atoms with Gasteiger partial charge in [-0.2, -0.15) is 0 Å². The van der Waals surface area contributed by atoms with E-state index in [9.17, 15) is 9.18 Å². The molecule has 0 aliphatic carbocycles. The van der Waals surface area contributed by atoms with E-state index in [1.165, 1.54) is 12.1 Å². The van der Waals surface area contributed by atoms with E-state index in [0.717, 1.165) is 15.6 Å². The lowest BCUT2D eigenvalue weighted by atomic mass is 9.98. The molecule has 0 saturated carbocycles. The van der Waals surface area contributed by atoms with Gasteiger partial charge < -0.3 is 0 Å². The highest BCUT2D eigenvalue weighted by Gasteiger charge is 2.13. The van der Waals surface area contributed by atoms with Crippen molar-refractivity contribution < 1.29 is 9.18 Å². The Hall–Kier alpha value is -1.48. The van der Waals surface area contributed by atoms with Crippen LogP contribution in [0.4, 0.5) is 4.39 Å². The fraction of sp³-hybridized carbons (Fsp3) is 0.188. The zero-order valence-electron chi connectivity index (χ0n) is 11.1. The maximum atomic E-state index is 13.2. The number of rotatable bonds is 2. The Morgan fingerprint density at radius 1 is 0.947 bits per heavy atom. The molecule has 2 rings (SSSR count).